The minimum Gasteiger partial charge on any atom is -0.359 e. The molecule has 0 saturated heterocycles. The summed E-state index contributed by atoms with van der Waals surface area (Å²) in [5.41, 5.74) is 2.53. The van der Waals surface area contributed by atoms with E-state index in [0.717, 1.165) is 17.2 Å². The van der Waals surface area contributed by atoms with Crippen molar-refractivity contribution in [2.45, 2.75) is 33.2 Å². The molecule has 1 atom stereocenters. The first kappa shape index (κ1) is 11.6. The van der Waals surface area contributed by atoms with E-state index in [2.05, 4.69) is 47.9 Å². The normalized spacial score (nSPS) is 12.7. The Morgan fingerprint density at radius 1 is 1.44 bits per heavy atom. The molecule has 0 aromatic carbocycles. The maximum absolute atomic E-state index is 4.49. The van der Waals surface area contributed by atoms with Crippen LogP contribution in [0.1, 0.15) is 23.1 Å². The van der Waals surface area contributed by atoms with Gasteiger partial charge in [-0.05, 0) is 49.6 Å². The molecule has 0 aliphatic heterocycles. The standard InChI is InChI=1S/C12H16N2S2/c1-8(6-11-4-5-15-7-11)13-12-14-9(2)10(3)16-12/h4-5,7-8H,6H2,1-3H3,(H,13,14). The quantitative estimate of drug-likeness (QED) is 0.893. The fourth-order valence-electron chi connectivity index (χ4n) is 1.56. The topological polar surface area (TPSA) is 24.9 Å². The third kappa shape index (κ3) is 2.83. The lowest BCUT2D eigenvalue weighted by molar-refractivity contribution is 0.790. The molecular weight excluding hydrogens is 236 g/mol. The zero-order valence-corrected chi connectivity index (χ0v) is 11.4. The van der Waals surface area contributed by atoms with Crippen LogP contribution >= 0.6 is 22.7 Å². The molecule has 1 N–H and O–H groups in total. The number of nitrogens with one attached hydrogen (secondary N) is 1. The first-order valence-electron chi connectivity index (χ1n) is 5.37. The zero-order chi connectivity index (χ0) is 11.5. The molecule has 0 spiro atoms. The molecule has 0 bridgehead atoms. The average molecular weight is 252 g/mol. The van der Waals surface area contributed by atoms with Crippen LogP contribution in [-0.4, -0.2) is 11.0 Å². The van der Waals surface area contributed by atoms with Crippen molar-refractivity contribution in [3.63, 3.8) is 0 Å². The van der Waals surface area contributed by atoms with Crippen molar-refractivity contribution in [2.24, 2.45) is 0 Å². The molecule has 0 aliphatic rings. The van der Waals surface area contributed by atoms with Crippen molar-refractivity contribution in [1.29, 1.82) is 0 Å². The Kier molecular flexibility index (Phi) is 3.61. The lowest BCUT2D eigenvalue weighted by Gasteiger charge is -2.11. The van der Waals surface area contributed by atoms with Crippen LogP contribution in [0, 0.1) is 13.8 Å². The summed E-state index contributed by atoms with van der Waals surface area (Å²) in [4.78, 5) is 5.79. The molecule has 0 amide bonds. The summed E-state index contributed by atoms with van der Waals surface area (Å²) in [6, 6.07) is 2.61. The summed E-state index contributed by atoms with van der Waals surface area (Å²) in [6.07, 6.45) is 1.06. The van der Waals surface area contributed by atoms with Crippen molar-refractivity contribution >= 4 is 27.8 Å². The highest BCUT2D eigenvalue weighted by molar-refractivity contribution is 7.15. The molecule has 0 aliphatic carbocycles. The summed E-state index contributed by atoms with van der Waals surface area (Å²) < 4.78 is 0. The van der Waals surface area contributed by atoms with Crippen LogP contribution in [0.2, 0.25) is 0 Å². The van der Waals surface area contributed by atoms with Gasteiger partial charge in [-0.1, -0.05) is 0 Å². The van der Waals surface area contributed by atoms with Crippen LogP contribution in [0.3, 0.4) is 0 Å². The zero-order valence-electron chi connectivity index (χ0n) is 9.78. The first-order chi connectivity index (χ1) is 7.65. The summed E-state index contributed by atoms with van der Waals surface area (Å²) in [5.74, 6) is 0. The lowest BCUT2D eigenvalue weighted by Crippen LogP contribution is -2.17. The van der Waals surface area contributed by atoms with Gasteiger partial charge in [0.1, 0.15) is 0 Å². The van der Waals surface area contributed by atoms with Crippen molar-refractivity contribution in [1.82, 2.24) is 4.98 Å². The molecule has 0 fully saturated rings. The molecule has 0 saturated carbocycles. The SMILES string of the molecule is Cc1nc(NC(C)Cc2ccsc2)sc1C. The second-order valence-corrected chi connectivity index (χ2v) is 6.02. The maximum Gasteiger partial charge on any atom is 0.183 e. The molecule has 86 valence electrons. The largest absolute Gasteiger partial charge is 0.359 e. The van der Waals surface area contributed by atoms with Gasteiger partial charge in [-0.2, -0.15) is 11.3 Å². The Labute approximate surface area is 104 Å². The van der Waals surface area contributed by atoms with Crippen molar-refractivity contribution in [3.8, 4) is 0 Å². The smallest absolute Gasteiger partial charge is 0.183 e. The van der Waals surface area contributed by atoms with Crippen LogP contribution in [-0.2, 0) is 6.42 Å². The average Bonchev–Trinajstić information content (AvgIpc) is 2.78. The van der Waals surface area contributed by atoms with Gasteiger partial charge >= 0.3 is 0 Å². The number of rotatable bonds is 4. The number of hydrogen-bond donors (Lipinski definition) is 1. The fourth-order valence-corrected chi connectivity index (χ4v) is 3.17. The van der Waals surface area contributed by atoms with Gasteiger partial charge in [-0.3, -0.25) is 0 Å². The highest BCUT2D eigenvalue weighted by Crippen LogP contribution is 2.22. The molecule has 4 heteroatoms. The van der Waals surface area contributed by atoms with Gasteiger partial charge < -0.3 is 5.32 Å². The molecule has 2 nitrogen and oxygen atoms in total. The van der Waals surface area contributed by atoms with Crippen molar-refractivity contribution in [3.05, 3.63) is 33.0 Å². The van der Waals surface area contributed by atoms with E-state index in [1.807, 2.05) is 0 Å². The van der Waals surface area contributed by atoms with Crippen molar-refractivity contribution in [2.75, 3.05) is 5.32 Å². The van der Waals surface area contributed by atoms with Crippen LogP contribution < -0.4 is 5.32 Å². The third-order valence-electron chi connectivity index (χ3n) is 2.52. The second-order valence-electron chi connectivity index (χ2n) is 4.04. The summed E-state index contributed by atoms with van der Waals surface area (Å²) in [6.45, 7) is 6.37. The monoisotopic (exact) mass is 252 g/mol. The predicted octanol–water partition coefficient (Wildman–Crippen LogP) is 3.86. The molecule has 1 unspecified atom stereocenters. The number of thiazole rings is 1. The van der Waals surface area contributed by atoms with E-state index in [9.17, 15) is 0 Å². The van der Waals surface area contributed by atoms with Crippen LogP contribution in [0.5, 0.6) is 0 Å². The van der Waals surface area contributed by atoms with E-state index in [4.69, 9.17) is 0 Å². The van der Waals surface area contributed by atoms with E-state index in [1.54, 1.807) is 22.7 Å². The number of thiophene rings is 1. The maximum atomic E-state index is 4.49. The Morgan fingerprint density at radius 2 is 2.25 bits per heavy atom. The minimum atomic E-state index is 0.430. The van der Waals surface area contributed by atoms with Gasteiger partial charge in [-0.15, -0.1) is 11.3 Å². The Hall–Kier alpha value is -0.870. The summed E-state index contributed by atoms with van der Waals surface area (Å²) in [7, 11) is 0. The number of anilines is 1. The third-order valence-corrected chi connectivity index (χ3v) is 4.26. The number of hydrogen-bond acceptors (Lipinski definition) is 4. The van der Waals surface area contributed by atoms with Gasteiger partial charge in [-0.25, -0.2) is 4.98 Å². The number of nitrogens with zero attached hydrogens (tertiary/aromatic N) is 1. The van der Waals surface area contributed by atoms with E-state index < -0.39 is 0 Å². The second kappa shape index (κ2) is 4.97. The van der Waals surface area contributed by atoms with Gasteiger partial charge in [0.05, 0.1) is 5.69 Å². The van der Waals surface area contributed by atoms with E-state index >= 15 is 0 Å². The Balaban J connectivity index is 1.94. The van der Waals surface area contributed by atoms with E-state index in [1.165, 1.54) is 10.4 Å². The molecule has 16 heavy (non-hydrogen) atoms. The van der Waals surface area contributed by atoms with Crippen LogP contribution in [0.15, 0.2) is 16.8 Å². The molecule has 0 radical (unpaired) electrons. The number of aryl methyl sites for hydroxylation is 2. The molecule has 2 heterocycles. The van der Waals surface area contributed by atoms with Crippen LogP contribution in [0.4, 0.5) is 5.13 Å². The highest BCUT2D eigenvalue weighted by Gasteiger charge is 2.08. The number of aromatic nitrogens is 1. The fraction of sp³-hybridized carbons (Fsp3) is 0.417. The summed E-state index contributed by atoms with van der Waals surface area (Å²) >= 11 is 3.49. The van der Waals surface area contributed by atoms with Gasteiger partial charge in [0, 0.05) is 10.9 Å². The van der Waals surface area contributed by atoms with Gasteiger partial charge in [0.25, 0.3) is 0 Å². The molecule has 2 aromatic heterocycles. The lowest BCUT2D eigenvalue weighted by atomic mass is 10.1. The highest BCUT2D eigenvalue weighted by atomic mass is 32.1. The minimum absolute atomic E-state index is 0.430. The molecule has 2 rings (SSSR count). The molecular formula is C12H16N2S2. The summed E-state index contributed by atoms with van der Waals surface area (Å²) in [5, 5.41) is 8.82. The van der Waals surface area contributed by atoms with Gasteiger partial charge in [0.2, 0.25) is 0 Å². The van der Waals surface area contributed by atoms with E-state index in [-0.39, 0.29) is 0 Å². The van der Waals surface area contributed by atoms with E-state index in [0.29, 0.717) is 6.04 Å². The first-order valence-corrected chi connectivity index (χ1v) is 7.12. The Bertz CT molecular complexity index is 426. The Morgan fingerprint density at radius 3 is 2.81 bits per heavy atom. The van der Waals surface area contributed by atoms with Crippen molar-refractivity contribution < 1.29 is 0 Å². The molecule has 2 aromatic rings. The van der Waals surface area contributed by atoms with Crippen LogP contribution in [0.25, 0.3) is 0 Å². The predicted molar refractivity (Wildman–Crippen MR) is 72.7 cm³/mol. The van der Waals surface area contributed by atoms with Gasteiger partial charge in [0.15, 0.2) is 5.13 Å².